The van der Waals surface area contributed by atoms with Gasteiger partial charge in [-0.3, -0.25) is 4.79 Å². The molecule has 1 aromatic rings. The Morgan fingerprint density at radius 1 is 1.43 bits per heavy atom. The molecule has 1 aliphatic rings. The maximum Gasteiger partial charge on any atom is 0.228 e. The number of aryl methyl sites for hydroxylation is 1. The van der Waals surface area contributed by atoms with E-state index in [2.05, 4.69) is 5.32 Å². The number of nitrogens with one attached hydrogen (secondary N) is 1. The molecule has 1 aliphatic heterocycles. The molecular formula is C14H19FN2O3S. The Morgan fingerprint density at radius 2 is 2.14 bits per heavy atom. The van der Waals surface area contributed by atoms with Gasteiger partial charge in [0.15, 0.2) is 0 Å². The van der Waals surface area contributed by atoms with Gasteiger partial charge < -0.3 is 5.32 Å². The number of halogens is 1. The summed E-state index contributed by atoms with van der Waals surface area (Å²) in [5.41, 5.74) is 0.976. The predicted molar refractivity (Wildman–Crippen MR) is 78.9 cm³/mol. The zero-order valence-electron chi connectivity index (χ0n) is 12.1. The van der Waals surface area contributed by atoms with E-state index in [1.54, 1.807) is 19.1 Å². The first-order valence-electron chi connectivity index (χ1n) is 6.79. The van der Waals surface area contributed by atoms with Crippen LogP contribution in [0.4, 0.5) is 10.1 Å². The number of piperidine rings is 1. The maximum atomic E-state index is 13.6. The highest BCUT2D eigenvalue weighted by Crippen LogP contribution is 2.22. The highest BCUT2D eigenvalue weighted by Gasteiger charge is 2.30. The zero-order valence-corrected chi connectivity index (χ0v) is 12.9. The van der Waals surface area contributed by atoms with Crippen molar-refractivity contribution in [2.75, 3.05) is 24.7 Å². The number of benzene rings is 1. The van der Waals surface area contributed by atoms with Crippen molar-refractivity contribution in [3.63, 3.8) is 0 Å². The van der Waals surface area contributed by atoms with Gasteiger partial charge >= 0.3 is 0 Å². The van der Waals surface area contributed by atoms with Crippen LogP contribution in [0.1, 0.15) is 18.4 Å². The molecule has 0 aliphatic carbocycles. The average Bonchev–Trinajstić information content (AvgIpc) is 2.42. The molecule has 1 unspecified atom stereocenters. The lowest BCUT2D eigenvalue weighted by molar-refractivity contribution is -0.120. The van der Waals surface area contributed by atoms with Gasteiger partial charge in [-0.05, 0) is 37.5 Å². The van der Waals surface area contributed by atoms with Crippen LogP contribution >= 0.6 is 0 Å². The summed E-state index contributed by atoms with van der Waals surface area (Å²) < 4.78 is 38.0. The van der Waals surface area contributed by atoms with E-state index in [1.807, 2.05) is 0 Å². The zero-order chi connectivity index (χ0) is 15.6. The normalized spacial score (nSPS) is 20.2. The Labute approximate surface area is 124 Å². The SMILES string of the molecule is Cc1ccc(F)c(NC(=O)C2CCCN(S(C)(=O)=O)C2)c1. The van der Waals surface area contributed by atoms with Gasteiger partial charge in [-0.25, -0.2) is 17.1 Å². The highest BCUT2D eigenvalue weighted by molar-refractivity contribution is 7.88. The highest BCUT2D eigenvalue weighted by atomic mass is 32.2. The lowest BCUT2D eigenvalue weighted by Gasteiger charge is -2.30. The van der Waals surface area contributed by atoms with Gasteiger partial charge in [-0.1, -0.05) is 6.07 Å². The van der Waals surface area contributed by atoms with E-state index in [0.717, 1.165) is 11.8 Å². The van der Waals surface area contributed by atoms with Gasteiger partial charge in [0.1, 0.15) is 5.82 Å². The second kappa shape index (κ2) is 6.11. The number of hydrogen-bond donors (Lipinski definition) is 1. The number of nitrogens with zero attached hydrogens (tertiary/aromatic N) is 1. The fourth-order valence-corrected chi connectivity index (χ4v) is 3.34. The van der Waals surface area contributed by atoms with E-state index >= 15 is 0 Å². The van der Waals surface area contributed by atoms with E-state index < -0.39 is 21.8 Å². The second-order valence-electron chi connectivity index (χ2n) is 5.43. The minimum absolute atomic E-state index is 0.136. The van der Waals surface area contributed by atoms with Crippen LogP contribution in [-0.2, 0) is 14.8 Å². The largest absolute Gasteiger partial charge is 0.323 e. The molecule has 1 saturated heterocycles. The van der Waals surface area contributed by atoms with Gasteiger partial charge in [0.25, 0.3) is 0 Å². The fourth-order valence-electron chi connectivity index (χ4n) is 2.43. The number of anilines is 1. The van der Waals surface area contributed by atoms with Crippen LogP contribution < -0.4 is 5.32 Å². The third-order valence-electron chi connectivity index (χ3n) is 3.60. The third-order valence-corrected chi connectivity index (χ3v) is 4.87. The van der Waals surface area contributed by atoms with Crippen LogP contribution in [0.5, 0.6) is 0 Å². The van der Waals surface area contributed by atoms with E-state index in [9.17, 15) is 17.6 Å². The molecule has 2 rings (SSSR count). The molecule has 0 radical (unpaired) electrons. The van der Waals surface area contributed by atoms with Gasteiger partial charge in [-0.2, -0.15) is 0 Å². The minimum atomic E-state index is -3.30. The molecule has 1 fully saturated rings. The third kappa shape index (κ3) is 4.01. The summed E-state index contributed by atoms with van der Waals surface area (Å²) >= 11 is 0. The van der Waals surface area contributed by atoms with Crippen molar-refractivity contribution in [1.29, 1.82) is 0 Å². The van der Waals surface area contributed by atoms with Crippen LogP contribution in [0.25, 0.3) is 0 Å². The van der Waals surface area contributed by atoms with Crippen LogP contribution in [0, 0.1) is 18.7 Å². The number of carbonyl (C=O) groups excluding carboxylic acids is 1. The Morgan fingerprint density at radius 3 is 2.81 bits per heavy atom. The number of hydrogen-bond acceptors (Lipinski definition) is 3. The Bertz CT molecular complexity index is 646. The molecule has 0 saturated carbocycles. The lowest BCUT2D eigenvalue weighted by atomic mass is 9.98. The monoisotopic (exact) mass is 314 g/mol. The fraction of sp³-hybridized carbons (Fsp3) is 0.500. The summed E-state index contributed by atoms with van der Waals surface area (Å²) in [5.74, 6) is -1.29. The van der Waals surface area contributed by atoms with Gasteiger partial charge in [0, 0.05) is 13.1 Å². The average molecular weight is 314 g/mol. The van der Waals surface area contributed by atoms with Crippen molar-refractivity contribution >= 4 is 21.6 Å². The first-order chi connectivity index (χ1) is 9.77. The van der Waals surface area contributed by atoms with E-state index in [-0.39, 0.29) is 18.1 Å². The van der Waals surface area contributed by atoms with Crippen molar-refractivity contribution in [3.8, 4) is 0 Å². The first kappa shape index (κ1) is 15.9. The van der Waals surface area contributed by atoms with Gasteiger partial charge in [0.05, 0.1) is 17.9 Å². The summed E-state index contributed by atoms with van der Waals surface area (Å²) in [4.78, 5) is 12.2. The molecular weight excluding hydrogens is 295 g/mol. The number of amides is 1. The van der Waals surface area contributed by atoms with Crippen LogP contribution in [-0.4, -0.2) is 38.0 Å². The number of rotatable bonds is 3. The lowest BCUT2D eigenvalue weighted by Crippen LogP contribution is -2.43. The van der Waals surface area contributed by atoms with Crippen LogP contribution in [0.3, 0.4) is 0 Å². The molecule has 21 heavy (non-hydrogen) atoms. The molecule has 5 nitrogen and oxygen atoms in total. The number of sulfonamides is 1. The van der Waals surface area contributed by atoms with E-state index in [4.69, 9.17) is 0 Å². The van der Waals surface area contributed by atoms with E-state index in [0.29, 0.717) is 19.4 Å². The summed E-state index contributed by atoms with van der Waals surface area (Å²) in [7, 11) is -3.30. The molecule has 1 aromatic carbocycles. The topological polar surface area (TPSA) is 66.5 Å². The molecule has 1 heterocycles. The standard InChI is InChI=1S/C14H19FN2O3S/c1-10-5-6-12(15)13(8-10)16-14(18)11-4-3-7-17(9-11)21(2,19)20/h5-6,8,11H,3-4,7,9H2,1-2H3,(H,16,18). The van der Waals surface area contributed by atoms with Gasteiger partial charge in [-0.15, -0.1) is 0 Å². The van der Waals surface area contributed by atoms with Crippen molar-refractivity contribution in [3.05, 3.63) is 29.6 Å². The van der Waals surface area contributed by atoms with Crippen molar-refractivity contribution in [1.82, 2.24) is 4.31 Å². The maximum absolute atomic E-state index is 13.6. The Hall–Kier alpha value is -1.47. The molecule has 0 spiro atoms. The second-order valence-corrected chi connectivity index (χ2v) is 7.42. The minimum Gasteiger partial charge on any atom is -0.323 e. The van der Waals surface area contributed by atoms with Crippen molar-refractivity contribution < 1.29 is 17.6 Å². The molecule has 116 valence electrons. The molecule has 7 heteroatoms. The predicted octanol–water partition coefficient (Wildman–Crippen LogP) is 1.74. The van der Waals surface area contributed by atoms with Crippen LogP contribution in [0.15, 0.2) is 18.2 Å². The molecule has 1 atom stereocenters. The Balaban J connectivity index is 2.08. The van der Waals surface area contributed by atoms with Crippen molar-refractivity contribution in [2.24, 2.45) is 5.92 Å². The summed E-state index contributed by atoms with van der Waals surface area (Å²) in [6, 6.07) is 4.48. The van der Waals surface area contributed by atoms with Crippen LogP contribution in [0.2, 0.25) is 0 Å². The first-order valence-corrected chi connectivity index (χ1v) is 8.64. The van der Waals surface area contributed by atoms with Crippen molar-refractivity contribution in [2.45, 2.75) is 19.8 Å². The molecule has 1 N–H and O–H groups in total. The smallest absolute Gasteiger partial charge is 0.228 e. The summed E-state index contributed by atoms with van der Waals surface area (Å²) in [6.45, 7) is 2.39. The molecule has 1 amide bonds. The summed E-state index contributed by atoms with van der Waals surface area (Å²) in [6.07, 6.45) is 2.36. The Kier molecular flexibility index (Phi) is 4.63. The summed E-state index contributed by atoms with van der Waals surface area (Å²) in [5, 5.41) is 2.56. The quantitative estimate of drug-likeness (QED) is 0.924. The van der Waals surface area contributed by atoms with E-state index in [1.165, 1.54) is 10.4 Å². The number of carbonyl (C=O) groups is 1. The van der Waals surface area contributed by atoms with Gasteiger partial charge in [0.2, 0.25) is 15.9 Å². The molecule has 0 aromatic heterocycles. The molecule has 0 bridgehead atoms.